The summed E-state index contributed by atoms with van der Waals surface area (Å²) in [5, 5.41) is 0. The molecule has 0 spiro atoms. The highest BCUT2D eigenvalue weighted by atomic mass is 16.6. The van der Waals surface area contributed by atoms with Crippen LogP contribution in [0.1, 0.15) is 67.2 Å². The van der Waals surface area contributed by atoms with E-state index in [1.54, 1.807) is 4.90 Å². The van der Waals surface area contributed by atoms with E-state index in [0.29, 0.717) is 12.8 Å². The van der Waals surface area contributed by atoms with Crippen molar-refractivity contribution in [3.8, 4) is 0 Å². The number of hydrogen-bond acceptors (Lipinski definition) is 4. The van der Waals surface area contributed by atoms with E-state index in [-0.39, 0.29) is 5.97 Å². The Hall–Kier alpha value is -1.26. The number of ether oxygens (including phenoxy) is 2. The molecule has 1 heterocycles. The summed E-state index contributed by atoms with van der Waals surface area (Å²) in [5.41, 5.74) is -1.93. The summed E-state index contributed by atoms with van der Waals surface area (Å²) < 4.78 is 10.5. The summed E-state index contributed by atoms with van der Waals surface area (Å²) in [6.45, 7) is 11.4. The molecule has 0 aromatic carbocycles. The summed E-state index contributed by atoms with van der Waals surface area (Å²) in [4.78, 5) is 26.7. The SMILES string of the molecule is CCCC1(C(=O)OC)CCC(C)(C)N1C(=O)OC(C)(C)C. The fourth-order valence-electron chi connectivity index (χ4n) is 3.18. The maximum absolute atomic E-state index is 12.7. The van der Waals surface area contributed by atoms with Gasteiger partial charge in [0, 0.05) is 5.54 Å². The van der Waals surface area contributed by atoms with Gasteiger partial charge in [-0.3, -0.25) is 4.90 Å². The van der Waals surface area contributed by atoms with Crippen LogP contribution in [0.15, 0.2) is 0 Å². The van der Waals surface area contributed by atoms with E-state index in [1.165, 1.54) is 7.11 Å². The third kappa shape index (κ3) is 3.50. The van der Waals surface area contributed by atoms with Gasteiger partial charge in [-0.05, 0) is 53.9 Å². The van der Waals surface area contributed by atoms with Crippen molar-refractivity contribution in [1.29, 1.82) is 0 Å². The summed E-state index contributed by atoms with van der Waals surface area (Å²) >= 11 is 0. The largest absolute Gasteiger partial charge is 0.467 e. The molecule has 0 radical (unpaired) electrons. The Balaban J connectivity index is 3.23. The number of carbonyl (C=O) groups excluding carboxylic acids is 2. The topological polar surface area (TPSA) is 55.8 Å². The molecule has 21 heavy (non-hydrogen) atoms. The molecular formula is C16H29NO4. The van der Waals surface area contributed by atoms with Crippen LogP contribution < -0.4 is 0 Å². The van der Waals surface area contributed by atoms with Crippen LogP contribution in [-0.4, -0.2) is 40.8 Å². The fraction of sp³-hybridized carbons (Fsp3) is 0.875. The number of nitrogens with zero attached hydrogens (tertiary/aromatic N) is 1. The summed E-state index contributed by atoms with van der Waals surface area (Å²) in [7, 11) is 1.37. The Morgan fingerprint density at radius 1 is 1.19 bits per heavy atom. The van der Waals surface area contributed by atoms with Crippen LogP contribution in [0.25, 0.3) is 0 Å². The molecule has 1 atom stereocenters. The smallest absolute Gasteiger partial charge is 0.411 e. The Morgan fingerprint density at radius 2 is 1.76 bits per heavy atom. The van der Waals surface area contributed by atoms with Crippen LogP contribution in [0.5, 0.6) is 0 Å². The molecule has 5 heteroatoms. The first-order valence-electron chi connectivity index (χ1n) is 7.62. The van der Waals surface area contributed by atoms with Gasteiger partial charge >= 0.3 is 12.1 Å². The highest BCUT2D eigenvalue weighted by molar-refractivity contribution is 5.87. The number of likely N-dealkylation sites (tertiary alicyclic amines) is 1. The van der Waals surface area contributed by atoms with Gasteiger partial charge in [0.15, 0.2) is 0 Å². The third-order valence-corrected chi connectivity index (χ3v) is 3.99. The first-order valence-corrected chi connectivity index (χ1v) is 7.62. The van der Waals surface area contributed by atoms with Crippen molar-refractivity contribution < 1.29 is 19.1 Å². The molecule has 1 aliphatic heterocycles. The summed E-state index contributed by atoms with van der Waals surface area (Å²) in [6, 6.07) is 0. The molecule has 0 saturated carbocycles. The molecule has 0 aliphatic carbocycles. The second-order valence-electron chi connectivity index (χ2n) is 7.40. The molecule has 122 valence electrons. The molecule has 0 aromatic rings. The van der Waals surface area contributed by atoms with Crippen molar-refractivity contribution >= 4 is 12.1 Å². The molecule has 1 aliphatic rings. The normalized spacial score (nSPS) is 24.8. The molecule has 1 fully saturated rings. The Morgan fingerprint density at radius 3 is 2.19 bits per heavy atom. The Labute approximate surface area is 128 Å². The van der Waals surface area contributed by atoms with E-state index >= 15 is 0 Å². The zero-order valence-corrected chi connectivity index (χ0v) is 14.4. The minimum Gasteiger partial charge on any atom is -0.467 e. The molecule has 0 bridgehead atoms. The molecule has 1 unspecified atom stereocenters. The minimum atomic E-state index is -0.907. The van der Waals surface area contributed by atoms with Crippen LogP contribution in [0, 0.1) is 0 Å². The average molecular weight is 299 g/mol. The zero-order valence-electron chi connectivity index (χ0n) is 14.4. The molecule has 1 amide bonds. The van der Waals surface area contributed by atoms with Crippen LogP contribution in [0.2, 0.25) is 0 Å². The maximum Gasteiger partial charge on any atom is 0.411 e. The predicted octanol–water partition coefficient (Wildman–Crippen LogP) is 3.51. The number of hydrogen-bond donors (Lipinski definition) is 0. The number of esters is 1. The van der Waals surface area contributed by atoms with E-state index in [9.17, 15) is 9.59 Å². The molecule has 1 rings (SSSR count). The van der Waals surface area contributed by atoms with Gasteiger partial charge in [-0.2, -0.15) is 0 Å². The van der Waals surface area contributed by atoms with Crippen LogP contribution in [-0.2, 0) is 14.3 Å². The summed E-state index contributed by atoms with van der Waals surface area (Å²) in [6.07, 6.45) is 2.30. The summed E-state index contributed by atoms with van der Waals surface area (Å²) in [5.74, 6) is -0.346. The number of rotatable bonds is 3. The highest BCUT2D eigenvalue weighted by Crippen LogP contribution is 2.45. The van der Waals surface area contributed by atoms with Crippen molar-refractivity contribution in [3.05, 3.63) is 0 Å². The van der Waals surface area contributed by atoms with Gasteiger partial charge in [-0.25, -0.2) is 9.59 Å². The van der Waals surface area contributed by atoms with Gasteiger partial charge in [0.1, 0.15) is 11.1 Å². The lowest BCUT2D eigenvalue weighted by Gasteiger charge is -2.42. The van der Waals surface area contributed by atoms with Gasteiger partial charge in [0.2, 0.25) is 0 Å². The lowest BCUT2D eigenvalue weighted by atomic mass is 9.91. The second-order valence-corrected chi connectivity index (χ2v) is 7.40. The van der Waals surface area contributed by atoms with Gasteiger partial charge in [-0.1, -0.05) is 13.3 Å². The molecule has 0 N–H and O–H groups in total. The fourth-order valence-corrected chi connectivity index (χ4v) is 3.18. The van der Waals surface area contributed by atoms with E-state index in [0.717, 1.165) is 12.8 Å². The van der Waals surface area contributed by atoms with Crippen molar-refractivity contribution in [2.45, 2.75) is 83.9 Å². The highest BCUT2D eigenvalue weighted by Gasteiger charge is 2.58. The second kappa shape index (κ2) is 5.85. The van der Waals surface area contributed by atoms with E-state index in [2.05, 4.69) is 0 Å². The molecule has 0 aromatic heterocycles. The number of carbonyl (C=O) groups is 2. The van der Waals surface area contributed by atoms with Crippen LogP contribution >= 0.6 is 0 Å². The van der Waals surface area contributed by atoms with Crippen molar-refractivity contribution in [1.82, 2.24) is 4.90 Å². The van der Waals surface area contributed by atoms with Crippen molar-refractivity contribution in [2.24, 2.45) is 0 Å². The zero-order chi connectivity index (χ0) is 16.5. The number of methoxy groups -OCH3 is 1. The van der Waals surface area contributed by atoms with E-state index in [4.69, 9.17) is 9.47 Å². The Bertz CT molecular complexity index is 411. The van der Waals surface area contributed by atoms with Crippen LogP contribution in [0.4, 0.5) is 4.79 Å². The van der Waals surface area contributed by atoms with Crippen molar-refractivity contribution in [2.75, 3.05) is 7.11 Å². The first-order chi connectivity index (χ1) is 9.50. The van der Waals surface area contributed by atoms with E-state index < -0.39 is 22.8 Å². The third-order valence-electron chi connectivity index (χ3n) is 3.99. The lowest BCUT2D eigenvalue weighted by molar-refractivity contribution is -0.155. The minimum absolute atomic E-state index is 0.346. The van der Waals surface area contributed by atoms with Gasteiger partial charge in [0.05, 0.1) is 7.11 Å². The average Bonchev–Trinajstić information content (AvgIpc) is 2.59. The first kappa shape index (κ1) is 17.8. The molecular weight excluding hydrogens is 270 g/mol. The maximum atomic E-state index is 12.7. The lowest BCUT2D eigenvalue weighted by Crippen LogP contribution is -2.60. The predicted molar refractivity (Wildman–Crippen MR) is 81.0 cm³/mol. The van der Waals surface area contributed by atoms with Gasteiger partial charge < -0.3 is 9.47 Å². The number of amides is 1. The Kier molecular flexibility index (Phi) is 4.96. The van der Waals surface area contributed by atoms with Crippen molar-refractivity contribution in [3.63, 3.8) is 0 Å². The molecule has 5 nitrogen and oxygen atoms in total. The van der Waals surface area contributed by atoms with Crippen LogP contribution in [0.3, 0.4) is 0 Å². The quantitative estimate of drug-likeness (QED) is 0.748. The molecule has 1 saturated heterocycles. The van der Waals surface area contributed by atoms with E-state index in [1.807, 2.05) is 41.5 Å². The standard InChI is InChI=1S/C16H29NO4/c1-8-9-16(12(18)20-7)11-10-15(5,6)17(16)13(19)21-14(2,3)4/h8-11H2,1-7H3. The van der Waals surface area contributed by atoms with Gasteiger partial charge in [0.25, 0.3) is 0 Å². The monoisotopic (exact) mass is 299 g/mol. The van der Waals surface area contributed by atoms with Gasteiger partial charge in [-0.15, -0.1) is 0 Å².